The molecule has 0 radical (unpaired) electrons. The van der Waals surface area contributed by atoms with E-state index < -0.39 is 0 Å². The third-order valence-corrected chi connectivity index (χ3v) is 12.3. The summed E-state index contributed by atoms with van der Waals surface area (Å²) in [7, 11) is 0. The number of fused-ring (bicyclic) bond motifs is 6. The van der Waals surface area contributed by atoms with Gasteiger partial charge in [-0.3, -0.25) is 0 Å². The maximum atomic E-state index is 5.09. The number of aromatic nitrogens is 2. The fourth-order valence-electron chi connectivity index (χ4n) is 9.51. The van der Waals surface area contributed by atoms with Crippen LogP contribution in [0.25, 0.3) is 121 Å². The molecule has 11 aromatic carbocycles. The Labute approximate surface area is 347 Å². The normalized spacial score (nSPS) is 11.7. The van der Waals surface area contributed by atoms with Crippen molar-refractivity contribution in [2.45, 2.75) is 0 Å². The fraction of sp³-hybridized carbons (Fsp3) is 0. The number of benzene rings is 10. The Balaban J connectivity index is 1.04. The predicted octanol–water partition coefficient (Wildman–Crippen LogP) is 15.7. The molecule has 0 aliphatic heterocycles. The van der Waals surface area contributed by atoms with E-state index >= 15 is 0 Å². The van der Waals surface area contributed by atoms with Crippen molar-refractivity contribution in [3.8, 4) is 56.2 Å². The summed E-state index contributed by atoms with van der Waals surface area (Å²) in [5, 5.41) is 15.2. The van der Waals surface area contributed by atoms with E-state index in [1.807, 2.05) is 24.3 Å². The summed E-state index contributed by atoms with van der Waals surface area (Å²) in [6.07, 6.45) is 0. The molecule has 0 atom stereocenters. The van der Waals surface area contributed by atoms with Crippen molar-refractivity contribution in [2.75, 3.05) is 0 Å². The molecule has 0 N–H and O–H groups in total. The van der Waals surface area contributed by atoms with Crippen LogP contribution in [0.5, 0.6) is 0 Å². The van der Waals surface area contributed by atoms with Gasteiger partial charge >= 0.3 is 0 Å². The minimum Gasteiger partial charge on any atom is -0.228 e. The Morgan fingerprint density at radius 1 is 0.233 bits per heavy atom. The molecule has 0 aliphatic carbocycles. The summed E-state index contributed by atoms with van der Waals surface area (Å²) in [6, 6.07) is 79.0. The van der Waals surface area contributed by atoms with Crippen LogP contribution in [0.3, 0.4) is 0 Å². The summed E-state index contributed by atoms with van der Waals surface area (Å²) in [4.78, 5) is 10.1. The molecule has 0 bridgehead atoms. The van der Waals surface area contributed by atoms with Gasteiger partial charge in [0.2, 0.25) is 0 Å². The van der Waals surface area contributed by atoms with Gasteiger partial charge in [0.25, 0.3) is 0 Å². The largest absolute Gasteiger partial charge is 0.228 e. The van der Waals surface area contributed by atoms with Crippen LogP contribution in [0.4, 0.5) is 0 Å². The summed E-state index contributed by atoms with van der Waals surface area (Å²) in [6.45, 7) is 0. The molecular weight excluding hydrogens is 725 g/mol. The topological polar surface area (TPSA) is 25.8 Å². The number of hydrogen-bond donors (Lipinski definition) is 0. The van der Waals surface area contributed by atoms with Gasteiger partial charge in [0.05, 0.1) is 11.4 Å². The van der Waals surface area contributed by atoms with Crippen LogP contribution in [-0.2, 0) is 0 Å². The molecule has 278 valence electrons. The summed E-state index contributed by atoms with van der Waals surface area (Å²) >= 11 is 0. The van der Waals surface area contributed by atoms with Gasteiger partial charge in [-0.1, -0.05) is 212 Å². The molecule has 0 saturated heterocycles. The van der Waals surface area contributed by atoms with Crippen molar-refractivity contribution in [1.82, 2.24) is 9.97 Å². The minimum atomic E-state index is 0.715. The van der Waals surface area contributed by atoms with Crippen molar-refractivity contribution < 1.29 is 0 Å². The Kier molecular flexibility index (Phi) is 7.89. The summed E-state index contributed by atoms with van der Waals surface area (Å²) in [5.74, 6) is 0.715. The van der Waals surface area contributed by atoms with Crippen LogP contribution in [0.1, 0.15) is 0 Å². The number of nitrogens with zero attached hydrogens (tertiary/aromatic N) is 2. The van der Waals surface area contributed by atoms with E-state index in [9.17, 15) is 0 Å². The van der Waals surface area contributed by atoms with E-state index in [1.165, 1.54) is 81.3 Å². The SMILES string of the molecule is c1ccc(-c2cc(-c3ccc(-c4ccc(-c5cccc6c7cccc8ccc9cccc(c%10ccccc%10c56)c9c87)c5ccccc45)cc3)nc(-c3ccccc3)n2)cc1. The minimum absolute atomic E-state index is 0.715. The second kappa shape index (κ2) is 13.9. The lowest BCUT2D eigenvalue weighted by Crippen LogP contribution is -1.95. The molecule has 1 heterocycles. The molecule has 2 heteroatoms. The van der Waals surface area contributed by atoms with Crippen molar-refractivity contribution >= 4 is 64.6 Å². The Morgan fingerprint density at radius 3 is 1.32 bits per heavy atom. The van der Waals surface area contributed by atoms with Crippen LogP contribution in [0.2, 0.25) is 0 Å². The Hall–Kier alpha value is -7.94. The second-order valence-electron chi connectivity index (χ2n) is 15.6. The van der Waals surface area contributed by atoms with E-state index in [2.05, 4.69) is 194 Å². The third kappa shape index (κ3) is 5.50. The third-order valence-electron chi connectivity index (χ3n) is 12.3. The molecule has 0 saturated carbocycles. The molecule has 0 fully saturated rings. The first-order chi connectivity index (χ1) is 29.8. The van der Waals surface area contributed by atoms with Crippen LogP contribution in [0.15, 0.2) is 218 Å². The van der Waals surface area contributed by atoms with Gasteiger partial charge in [-0.05, 0) is 93.0 Å². The average Bonchev–Trinajstić information content (AvgIpc) is 3.33. The lowest BCUT2D eigenvalue weighted by Gasteiger charge is -2.17. The molecule has 0 unspecified atom stereocenters. The number of hydrogen-bond acceptors (Lipinski definition) is 2. The van der Waals surface area contributed by atoms with Gasteiger partial charge < -0.3 is 0 Å². The molecule has 2 nitrogen and oxygen atoms in total. The number of rotatable bonds is 5. The highest BCUT2D eigenvalue weighted by Gasteiger charge is 2.18. The van der Waals surface area contributed by atoms with Crippen LogP contribution in [0, 0.1) is 0 Å². The zero-order chi connectivity index (χ0) is 39.6. The summed E-state index contributed by atoms with van der Waals surface area (Å²) in [5.41, 5.74) is 9.71. The van der Waals surface area contributed by atoms with Crippen molar-refractivity contribution in [1.29, 1.82) is 0 Å². The maximum absolute atomic E-state index is 5.09. The zero-order valence-corrected chi connectivity index (χ0v) is 32.7. The highest BCUT2D eigenvalue weighted by molar-refractivity contribution is 6.34. The predicted molar refractivity (Wildman–Crippen MR) is 254 cm³/mol. The lowest BCUT2D eigenvalue weighted by molar-refractivity contribution is 1.18. The standard InChI is InChI=1S/C58H36N2/c1-3-14-38(15-4-1)53-36-54(60-58(59-53)42-16-5-2-6-17-42)39-30-28-37(29-31-39)43-34-35-47(45-21-8-7-20-44(43)45)50-26-13-27-52-51-25-12-19-41-33-32-40-18-11-24-48(55(40)56(41)51)46-22-9-10-23-49(46)57(50)52/h1-36H. The Morgan fingerprint density at radius 2 is 0.667 bits per heavy atom. The molecule has 12 aromatic rings. The first kappa shape index (κ1) is 34.1. The first-order valence-electron chi connectivity index (χ1n) is 20.6. The van der Waals surface area contributed by atoms with Gasteiger partial charge in [0, 0.05) is 16.7 Å². The first-order valence-corrected chi connectivity index (χ1v) is 20.6. The zero-order valence-electron chi connectivity index (χ0n) is 32.7. The fourth-order valence-corrected chi connectivity index (χ4v) is 9.51. The van der Waals surface area contributed by atoms with Crippen molar-refractivity contribution in [2.24, 2.45) is 0 Å². The molecular formula is C58H36N2. The average molecular weight is 761 g/mol. The van der Waals surface area contributed by atoms with Gasteiger partial charge in [-0.25, -0.2) is 9.97 Å². The van der Waals surface area contributed by atoms with E-state index in [-0.39, 0.29) is 0 Å². The monoisotopic (exact) mass is 760 g/mol. The quantitative estimate of drug-likeness (QED) is 0.163. The molecule has 12 rings (SSSR count). The maximum Gasteiger partial charge on any atom is 0.160 e. The van der Waals surface area contributed by atoms with Gasteiger partial charge in [0.15, 0.2) is 5.82 Å². The van der Waals surface area contributed by atoms with Gasteiger partial charge in [0.1, 0.15) is 0 Å². The molecule has 0 aliphatic rings. The van der Waals surface area contributed by atoms with E-state index in [0.717, 1.165) is 33.6 Å². The van der Waals surface area contributed by atoms with Gasteiger partial charge in [-0.15, -0.1) is 0 Å². The van der Waals surface area contributed by atoms with Crippen molar-refractivity contribution in [3.05, 3.63) is 218 Å². The van der Waals surface area contributed by atoms with E-state index in [1.54, 1.807) is 0 Å². The van der Waals surface area contributed by atoms with Crippen molar-refractivity contribution in [3.63, 3.8) is 0 Å². The second-order valence-corrected chi connectivity index (χ2v) is 15.6. The van der Waals surface area contributed by atoms with E-state index in [0.29, 0.717) is 5.82 Å². The summed E-state index contributed by atoms with van der Waals surface area (Å²) < 4.78 is 0. The highest BCUT2D eigenvalue weighted by atomic mass is 14.9. The van der Waals surface area contributed by atoms with Crippen LogP contribution < -0.4 is 0 Å². The molecule has 0 amide bonds. The van der Waals surface area contributed by atoms with Gasteiger partial charge in [-0.2, -0.15) is 0 Å². The molecule has 60 heavy (non-hydrogen) atoms. The smallest absolute Gasteiger partial charge is 0.160 e. The lowest BCUT2D eigenvalue weighted by atomic mass is 9.86. The van der Waals surface area contributed by atoms with Crippen LogP contribution in [-0.4, -0.2) is 9.97 Å². The van der Waals surface area contributed by atoms with Crippen LogP contribution >= 0.6 is 0 Å². The molecule has 1 aromatic heterocycles. The Bertz CT molecular complexity index is 3570. The molecule has 0 spiro atoms. The highest BCUT2D eigenvalue weighted by Crippen LogP contribution is 2.45. The van der Waals surface area contributed by atoms with E-state index in [4.69, 9.17) is 9.97 Å².